The molecule has 0 unspecified atom stereocenters. The van der Waals surface area contributed by atoms with Gasteiger partial charge in [0.15, 0.2) is 6.29 Å². The lowest BCUT2D eigenvalue weighted by atomic mass is 9.90. The van der Waals surface area contributed by atoms with E-state index >= 15 is 0 Å². The van der Waals surface area contributed by atoms with Crippen LogP contribution in [0.3, 0.4) is 0 Å². The Hall–Kier alpha value is -0.830. The number of aldehydes is 1. The Morgan fingerprint density at radius 2 is 2.07 bits per heavy atom. The van der Waals surface area contributed by atoms with E-state index < -0.39 is 0 Å². The van der Waals surface area contributed by atoms with Gasteiger partial charge in [0.05, 0.1) is 10.0 Å². The molecule has 1 aromatic rings. The lowest BCUT2D eigenvalue weighted by Gasteiger charge is -2.18. The number of halogens is 1. The predicted molar refractivity (Wildman–Crippen MR) is 57.8 cm³/mol. The second kappa shape index (κ2) is 3.73. The van der Waals surface area contributed by atoms with Crippen LogP contribution in [0.1, 0.15) is 34.3 Å². The fourth-order valence-corrected chi connectivity index (χ4v) is 2.64. The summed E-state index contributed by atoms with van der Waals surface area (Å²) in [5.74, 6) is 0.0839. The van der Waals surface area contributed by atoms with E-state index in [4.69, 9.17) is 0 Å². The molecule has 0 heterocycles. The van der Waals surface area contributed by atoms with Gasteiger partial charge in [-0.2, -0.15) is 0 Å². The van der Waals surface area contributed by atoms with Gasteiger partial charge in [0.25, 0.3) is 0 Å². The number of carbonyl (C=O) groups is 1. The lowest BCUT2D eigenvalue weighted by Crippen LogP contribution is -2.04. The number of phenolic OH excluding ortho intramolecular Hbond substituents is 1. The maximum Gasteiger partial charge on any atom is 0.153 e. The van der Waals surface area contributed by atoms with E-state index in [9.17, 15) is 9.90 Å². The molecule has 0 aliphatic heterocycles. The number of hydrogen-bond donors (Lipinski definition) is 1. The van der Waals surface area contributed by atoms with Gasteiger partial charge >= 0.3 is 0 Å². The summed E-state index contributed by atoms with van der Waals surface area (Å²) < 4.78 is 0.705. The maximum absolute atomic E-state index is 10.7. The monoisotopic (exact) mass is 254 g/mol. The molecule has 0 atom stereocenters. The molecule has 0 radical (unpaired) electrons. The first-order valence-electron chi connectivity index (χ1n) is 4.72. The van der Waals surface area contributed by atoms with Crippen molar-refractivity contribution < 1.29 is 9.90 Å². The summed E-state index contributed by atoms with van der Waals surface area (Å²) in [6, 6.07) is 1.81. The first-order valence-corrected chi connectivity index (χ1v) is 5.51. The van der Waals surface area contributed by atoms with Crippen LogP contribution in [0.4, 0.5) is 0 Å². The van der Waals surface area contributed by atoms with E-state index in [0.717, 1.165) is 19.3 Å². The van der Waals surface area contributed by atoms with Crippen LogP contribution in [0.25, 0.3) is 0 Å². The number of benzene rings is 1. The highest BCUT2D eigenvalue weighted by Crippen LogP contribution is 2.36. The molecule has 0 aromatic heterocycles. The standard InChI is InChI=1S/C11H11BrO2/c12-10-9-4-2-1-3-7(9)5-8(6-13)11(10)14/h5-6,14H,1-4H2. The minimum Gasteiger partial charge on any atom is -0.506 e. The van der Waals surface area contributed by atoms with Crippen molar-refractivity contribution in [2.45, 2.75) is 25.7 Å². The van der Waals surface area contributed by atoms with Gasteiger partial charge in [0.2, 0.25) is 0 Å². The van der Waals surface area contributed by atoms with Gasteiger partial charge in [-0.1, -0.05) is 0 Å². The van der Waals surface area contributed by atoms with E-state index in [0.29, 0.717) is 16.3 Å². The molecule has 0 fully saturated rings. The van der Waals surface area contributed by atoms with Gasteiger partial charge in [0.1, 0.15) is 5.75 Å². The molecule has 0 saturated heterocycles. The van der Waals surface area contributed by atoms with Crippen LogP contribution in [-0.4, -0.2) is 11.4 Å². The zero-order valence-electron chi connectivity index (χ0n) is 7.72. The molecule has 1 aliphatic carbocycles. The summed E-state index contributed by atoms with van der Waals surface area (Å²) >= 11 is 3.35. The fraction of sp³-hybridized carbons (Fsp3) is 0.364. The van der Waals surface area contributed by atoms with Crippen molar-refractivity contribution in [3.8, 4) is 5.75 Å². The Labute approximate surface area is 91.1 Å². The number of rotatable bonds is 1. The molecule has 2 rings (SSSR count). The Morgan fingerprint density at radius 1 is 1.36 bits per heavy atom. The summed E-state index contributed by atoms with van der Waals surface area (Å²) in [4.78, 5) is 10.7. The number of carbonyl (C=O) groups excluding carboxylic acids is 1. The van der Waals surface area contributed by atoms with Crippen molar-refractivity contribution in [3.05, 3.63) is 27.2 Å². The maximum atomic E-state index is 10.7. The highest BCUT2D eigenvalue weighted by molar-refractivity contribution is 9.10. The third-order valence-corrected chi connectivity index (χ3v) is 3.57. The van der Waals surface area contributed by atoms with Crippen LogP contribution < -0.4 is 0 Å². The zero-order chi connectivity index (χ0) is 10.1. The summed E-state index contributed by atoms with van der Waals surface area (Å²) in [6.45, 7) is 0. The van der Waals surface area contributed by atoms with Gasteiger partial charge in [-0.15, -0.1) is 0 Å². The number of aryl methyl sites for hydroxylation is 1. The minimum absolute atomic E-state index is 0.0839. The third-order valence-electron chi connectivity index (χ3n) is 2.71. The minimum atomic E-state index is 0.0839. The van der Waals surface area contributed by atoms with Gasteiger partial charge in [-0.05, 0) is 58.8 Å². The average Bonchev–Trinajstić information content (AvgIpc) is 2.23. The molecule has 1 aliphatic rings. The molecule has 0 spiro atoms. The van der Waals surface area contributed by atoms with Crippen molar-refractivity contribution in [1.29, 1.82) is 0 Å². The van der Waals surface area contributed by atoms with E-state index in [2.05, 4.69) is 15.9 Å². The Balaban J connectivity index is 2.62. The molecule has 3 heteroatoms. The smallest absolute Gasteiger partial charge is 0.153 e. The first kappa shape index (κ1) is 9.71. The van der Waals surface area contributed by atoms with Crippen LogP contribution in [0.2, 0.25) is 0 Å². The van der Waals surface area contributed by atoms with Crippen molar-refractivity contribution >= 4 is 22.2 Å². The largest absolute Gasteiger partial charge is 0.506 e. The van der Waals surface area contributed by atoms with Crippen LogP contribution in [-0.2, 0) is 12.8 Å². The summed E-state index contributed by atoms with van der Waals surface area (Å²) in [7, 11) is 0. The van der Waals surface area contributed by atoms with E-state index in [-0.39, 0.29) is 5.75 Å². The number of phenols is 1. The van der Waals surface area contributed by atoms with Crippen LogP contribution >= 0.6 is 15.9 Å². The Morgan fingerprint density at radius 3 is 2.79 bits per heavy atom. The molecule has 0 bridgehead atoms. The highest BCUT2D eigenvalue weighted by Gasteiger charge is 2.17. The molecule has 1 N–H and O–H groups in total. The summed E-state index contributed by atoms with van der Waals surface area (Å²) in [6.07, 6.45) is 5.03. The van der Waals surface area contributed by atoms with Crippen LogP contribution in [0.5, 0.6) is 5.75 Å². The second-order valence-corrected chi connectivity index (χ2v) is 4.38. The quantitative estimate of drug-likeness (QED) is 0.783. The molecule has 0 amide bonds. The zero-order valence-corrected chi connectivity index (χ0v) is 9.30. The number of hydrogen-bond acceptors (Lipinski definition) is 2. The topological polar surface area (TPSA) is 37.3 Å². The Bertz CT molecular complexity index is 385. The SMILES string of the molecule is O=Cc1cc2c(c(Br)c1O)CCCC2. The Kier molecular flexibility index (Phi) is 2.59. The number of fused-ring (bicyclic) bond motifs is 1. The molecular formula is C11H11BrO2. The predicted octanol–water partition coefficient (Wildman–Crippen LogP) is 2.85. The van der Waals surface area contributed by atoms with E-state index in [1.807, 2.05) is 6.07 Å². The number of aromatic hydroxyl groups is 1. The van der Waals surface area contributed by atoms with Crippen LogP contribution in [0.15, 0.2) is 10.5 Å². The summed E-state index contributed by atoms with van der Waals surface area (Å²) in [5, 5.41) is 9.68. The van der Waals surface area contributed by atoms with Crippen LogP contribution in [0, 0.1) is 0 Å². The second-order valence-electron chi connectivity index (χ2n) is 3.59. The van der Waals surface area contributed by atoms with Gasteiger partial charge in [-0.3, -0.25) is 4.79 Å². The highest BCUT2D eigenvalue weighted by atomic mass is 79.9. The lowest BCUT2D eigenvalue weighted by molar-refractivity contribution is 0.112. The average molecular weight is 255 g/mol. The van der Waals surface area contributed by atoms with Crippen molar-refractivity contribution in [1.82, 2.24) is 0 Å². The van der Waals surface area contributed by atoms with E-state index in [1.165, 1.54) is 17.5 Å². The van der Waals surface area contributed by atoms with Crippen molar-refractivity contribution in [3.63, 3.8) is 0 Å². The molecule has 14 heavy (non-hydrogen) atoms. The summed E-state index contributed by atoms with van der Waals surface area (Å²) in [5.41, 5.74) is 2.75. The molecule has 1 aromatic carbocycles. The fourth-order valence-electron chi connectivity index (χ4n) is 1.95. The first-order chi connectivity index (χ1) is 6.74. The molecule has 2 nitrogen and oxygen atoms in total. The van der Waals surface area contributed by atoms with Gasteiger partial charge < -0.3 is 5.11 Å². The molecule has 0 saturated carbocycles. The van der Waals surface area contributed by atoms with Crippen molar-refractivity contribution in [2.75, 3.05) is 0 Å². The third kappa shape index (κ3) is 1.46. The van der Waals surface area contributed by atoms with Crippen molar-refractivity contribution in [2.24, 2.45) is 0 Å². The molecular weight excluding hydrogens is 244 g/mol. The normalized spacial score (nSPS) is 14.9. The van der Waals surface area contributed by atoms with Gasteiger partial charge in [-0.25, -0.2) is 0 Å². The molecule has 74 valence electrons. The van der Waals surface area contributed by atoms with E-state index in [1.54, 1.807) is 0 Å². The van der Waals surface area contributed by atoms with Gasteiger partial charge in [0, 0.05) is 0 Å².